The van der Waals surface area contributed by atoms with Crippen LogP contribution in [0.5, 0.6) is 0 Å². The van der Waals surface area contributed by atoms with Gasteiger partial charge in [-0.1, -0.05) is 97.1 Å². The van der Waals surface area contributed by atoms with E-state index in [1.807, 2.05) is 84.9 Å². The van der Waals surface area contributed by atoms with Gasteiger partial charge in [-0.2, -0.15) is 0 Å². The SMILES string of the molecule is O=C(NCCCC(CC(c1ccccc1)c1ccccc1)C(=O)Nc1ccccc1)c1ccccc1. The first-order valence-electron chi connectivity index (χ1n) is 12.5. The smallest absolute Gasteiger partial charge is 0.251 e. The Labute approximate surface area is 213 Å². The Balaban J connectivity index is 1.48. The van der Waals surface area contributed by atoms with Crippen LogP contribution >= 0.6 is 0 Å². The summed E-state index contributed by atoms with van der Waals surface area (Å²) >= 11 is 0. The van der Waals surface area contributed by atoms with Crippen LogP contribution in [0.3, 0.4) is 0 Å². The number of anilines is 1. The number of amides is 2. The van der Waals surface area contributed by atoms with E-state index in [2.05, 4.69) is 34.9 Å². The van der Waals surface area contributed by atoms with Crippen LogP contribution in [-0.4, -0.2) is 18.4 Å². The predicted octanol–water partition coefficient (Wildman–Crippen LogP) is 6.67. The topological polar surface area (TPSA) is 58.2 Å². The molecule has 0 fully saturated rings. The van der Waals surface area contributed by atoms with E-state index < -0.39 is 0 Å². The van der Waals surface area contributed by atoms with Crippen LogP contribution in [0.2, 0.25) is 0 Å². The molecular weight excluding hydrogens is 444 g/mol. The Bertz CT molecular complexity index is 1170. The van der Waals surface area contributed by atoms with Gasteiger partial charge in [-0.25, -0.2) is 0 Å². The third-order valence-electron chi connectivity index (χ3n) is 6.39. The van der Waals surface area contributed by atoms with Crippen LogP contribution < -0.4 is 10.6 Å². The van der Waals surface area contributed by atoms with Gasteiger partial charge in [-0.3, -0.25) is 9.59 Å². The molecule has 4 heteroatoms. The third-order valence-corrected chi connectivity index (χ3v) is 6.39. The highest BCUT2D eigenvalue weighted by atomic mass is 16.2. The molecular formula is C32H32N2O2. The number of hydrogen-bond acceptors (Lipinski definition) is 2. The van der Waals surface area contributed by atoms with Crippen molar-refractivity contribution in [3.05, 3.63) is 138 Å². The minimum absolute atomic E-state index is 0.00690. The summed E-state index contributed by atoms with van der Waals surface area (Å²) in [6.45, 7) is 0.518. The molecule has 36 heavy (non-hydrogen) atoms. The van der Waals surface area contributed by atoms with Crippen molar-refractivity contribution in [2.45, 2.75) is 25.2 Å². The zero-order chi connectivity index (χ0) is 25.0. The average Bonchev–Trinajstić information content (AvgIpc) is 2.94. The molecule has 1 unspecified atom stereocenters. The number of para-hydroxylation sites is 1. The monoisotopic (exact) mass is 476 g/mol. The maximum absolute atomic E-state index is 13.5. The molecule has 0 aliphatic heterocycles. The Hall–Kier alpha value is -4.18. The third kappa shape index (κ3) is 7.16. The molecule has 4 rings (SSSR count). The second-order valence-corrected chi connectivity index (χ2v) is 8.93. The van der Waals surface area contributed by atoms with Gasteiger partial charge < -0.3 is 10.6 Å². The van der Waals surface area contributed by atoms with Gasteiger partial charge in [0.1, 0.15) is 0 Å². The number of benzene rings is 4. The molecule has 1 atom stereocenters. The summed E-state index contributed by atoms with van der Waals surface area (Å²) in [5.74, 6) is -0.207. The Morgan fingerprint density at radius 2 is 1.14 bits per heavy atom. The van der Waals surface area contributed by atoms with Crippen LogP contribution in [0.4, 0.5) is 5.69 Å². The molecule has 182 valence electrons. The largest absolute Gasteiger partial charge is 0.352 e. The van der Waals surface area contributed by atoms with Crippen molar-refractivity contribution in [2.24, 2.45) is 5.92 Å². The van der Waals surface area contributed by atoms with E-state index in [4.69, 9.17) is 0 Å². The van der Waals surface area contributed by atoms with Crippen molar-refractivity contribution in [3.8, 4) is 0 Å². The van der Waals surface area contributed by atoms with E-state index >= 15 is 0 Å². The number of rotatable bonds is 11. The molecule has 4 aromatic rings. The van der Waals surface area contributed by atoms with Gasteiger partial charge in [-0.15, -0.1) is 0 Å². The molecule has 2 N–H and O–H groups in total. The molecule has 0 spiro atoms. The van der Waals surface area contributed by atoms with E-state index in [0.29, 0.717) is 31.4 Å². The van der Waals surface area contributed by atoms with Crippen LogP contribution in [0.15, 0.2) is 121 Å². The van der Waals surface area contributed by atoms with Crippen molar-refractivity contribution in [1.82, 2.24) is 5.32 Å². The van der Waals surface area contributed by atoms with Crippen molar-refractivity contribution < 1.29 is 9.59 Å². The van der Waals surface area contributed by atoms with Crippen molar-refractivity contribution >= 4 is 17.5 Å². The molecule has 4 nitrogen and oxygen atoms in total. The van der Waals surface area contributed by atoms with Gasteiger partial charge in [0.15, 0.2) is 0 Å². The molecule has 0 radical (unpaired) electrons. The normalized spacial score (nSPS) is 11.6. The molecule has 0 saturated heterocycles. The van der Waals surface area contributed by atoms with E-state index in [-0.39, 0.29) is 23.7 Å². The molecule has 0 aliphatic carbocycles. The summed E-state index contributed by atoms with van der Waals surface area (Å²) in [6.07, 6.45) is 2.06. The zero-order valence-electron chi connectivity index (χ0n) is 20.3. The maximum Gasteiger partial charge on any atom is 0.251 e. The fraction of sp³-hybridized carbons (Fsp3) is 0.188. The minimum atomic E-state index is -0.218. The molecule has 0 saturated carbocycles. The predicted molar refractivity (Wildman–Crippen MR) is 146 cm³/mol. The Morgan fingerprint density at radius 1 is 0.639 bits per heavy atom. The van der Waals surface area contributed by atoms with Crippen LogP contribution in [0, 0.1) is 5.92 Å². The standard InChI is InChI=1S/C32H32N2O2/c35-31(27-18-9-3-10-19-27)33-23-13-20-28(32(36)34-29-21-11-4-12-22-29)24-30(25-14-5-1-6-15-25)26-16-7-2-8-17-26/h1-12,14-19,21-22,28,30H,13,20,23-24H2,(H,33,35)(H,34,36). The first-order chi connectivity index (χ1) is 17.7. The zero-order valence-corrected chi connectivity index (χ0v) is 20.3. The fourth-order valence-electron chi connectivity index (χ4n) is 4.48. The van der Waals surface area contributed by atoms with Crippen molar-refractivity contribution in [2.75, 3.05) is 11.9 Å². The summed E-state index contributed by atoms with van der Waals surface area (Å²) in [5, 5.41) is 6.09. The summed E-state index contributed by atoms with van der Waals surface area (Å²) in [4.78, 5) is 25.9. The van der Waals surface area contributed by atoms with Gasteiger partial charge in [0.2, 0.25) is 5.91 Å². The van der Waals surface area contributed by atoms with E-state index in [9.17, 15) is 9.59 Å². The molecule has 0 heterocycles. The second-order valence-electron chi connectivity index (χ2n) is 8.93. The first-order valence-corrected chi connectivity index (χ1v) is 12.5. The highest BCUT2D eigenvalue weighted by Gasteiger charge is 2.25. The number of nitrogens with one attached hydrogen (secondary N) is 2. The van der Waals surface area contributed by atoms with E-state index in [1.165, 1.54) is 11.1 Å². The van der Waals surface area contributed by atoms with E-state index in [1.54, 1.807) is 12.1 Å². The summed E-state index contributed by atoms with van der Waals surface area (Å²) in [6, 6.07) is 39.5. The van der Waals surface area contributed by atoms with Gasteiger partial charge >= 0.3 is 0 Å². The Kier molecular flexibility index (Phi) is 9.04. The summed E-state index contributed by atoms with van der Waals surface area (Å²) < 4.78 is 0. The second kappa shape index (κ2) is 13.1. The maximum atomic E-state index is 13.5. The van der Waals surface area contributed by atoms with Crippen molar-refractivity contribution in [1.29, 1.82) is 0 Å². The van der Waals surface area contributed by atoms with Crippen LogP contribution in [0.25, 0.3) is 0 Å². The van der Waals surface area contributed by atoms with Crippen molar-refractivity contribution in [3.63, 3.8) is 0 Å². The molecule has 0 aromatic heterocycles. The number of carbonyl (C=O) groups excluding carboxylic acids is 2. The number of carbonyl (C=O) groups is 2. The van der Waals surface area contributed by atoms with Crippen LogP contribution in [0.1, 0.15) is 46.7 Å². The summed E-state index contributed by atoms with van der Waals surface area (Å²) in [7, 11) is 0. The van der Waals surface area contributed by atoms with Gasteiger partial charge in [-0.05, 0) is 54.7 Å². The van der Waals surface area contributed by atoms with Gasteiger partial charge in [0.25, 0.3) is 5.91 Å². The number of hydrogen-bond donors (Lipinski definition) is 2. The lowest BCUT2D eigenvalue weighted by molar-refractivity contribution is -0.120. The van der Waals surface area contributed by atoms with Gasteiger partial charge in [0, 0.05) is 29.6 Å². The van der Waals surface area contributed by atoms with Gasteiger partial charge in [0.05, 0.1) is 0 Å². The quantitative estimate of drug-likeness (QED) is 0.237. The highest BCUT2D eigenvalue weighted by Crippen LogP contribution is 2.33. The lowest BCUT2D eigenvalue weighted by Crippen LogP contribution is -2.28. The lowest BCUT2D eigenvalue weighted by atomic mass is 9.81. The fourth-order valence-corrected chi connectivity index (χ4v) is 4.48. The van der Waals surface area contributed by atoms with Crippen LogP contribution in [-0.2, 0) is 4.79 Å². The minimum Gasteiger partial charge on any atom is -0.352 e. The first kappa shape index (κ1) is 24.9. The average molecular weight is 477 g/mol. The molecule has 0 aliphatic rings. The lowest BCUT2D eigenvalue weighted by Gasteiger charge is -2.24. The highest BCUT2D eigenvalue weighted by molar-refractivity contribution is 5.94. The molecule has 2 amide bonds. The molecule has 4 aromatic carbocycles. The Morgan fingerprint density at radius 3 is 1.69 bits per heavy atom. The summed E-state index contributed by atoms with van der Waals surface area (Å²) in [5.41, 5.74) is 3.82. The molecule has 0 bridgehead atoms. The van der Waals surface area contributed by atoms with E-state index in [0.717, 1.165) is 5.69 Å².